The van der Waals surface area contributed by atoms with E-state index >= 15 is 0 Å². The van der Waals surface area contributed by atoms with Gasteiger partial charge in [0.25, 0.3) is 0 Å². The van der Waals surface area contributed by atoms with Crippen molar-refractivity contribution in [3.8, 4) is 0 Å². The molecule has 0 spiro atoms. The fourth-order valence-electron chi connectivity index (χ4n) is 1.39. The molecule has 0 atom stereocenters. The molecule has 0 bridgehead atoms. The van der Waals surface area contributed by atoms with E-state index in [0.29, 0.717) is 5.02 Å². The van der Waals surface area contributed by atoms with Crippen LogP contribution in [0.1, 0.15) is 10.4 Å². The summed E-state index contributed by atoms with van der Waals surface area (Å²) in [5.74, 6) is -1.38. The molecule has 104 valence electrons. The van der Waals surface area contributed by atoms with Gasteiger partial charge in [0.1, 0.15) is 6.54 Å². The first kappa shape index (κ1) is 14.3. The summed E-state index contributed by atoms with van der Waals surface area (Å²) in [6.45, 7) is -0.159. The first-order chi connectivity index (χ1) is 9.45. The van der Waals surface area contributed by atoms with Crippen LogP contribution < -0.4 is 5.32 Å². The lowest BCUT2D eigenvalue weighted by Crippen LogP contribution is -2.19. The number of anilines is 1. The quantitative estimate of drug-likeness (QED) is 0.898. The molecule has 0 unspecified atom stereocenters. The van der Waals surface area contributed by atoms with Crippen LogP contribution in [0.4, 0.5) is 5.82 Å². The van der Waals surface area contributed by atoms with E-state index in [2.05, 4.69) is 15.4 Å². The van der Waals surface area contributed by atoms with Crippen LogP contribution in [0.15, 0.2) is 24.7 Å². The van der Waals surface area contributed by atoms with Crippen LogP contribution in [-0.2, 0) is 11.3 Å². The largest absolute Gasteiger partial charge is 0.478 e. The van der Waals surface area contributed by atoms with Gasteiger partial charge in [0.15, 0.2) is 5.82 Å². The van der Waals surface area contributed by atoms with Crippen LogP contribution in [-0.4, -0.2) is 31.7 Å². The summed E-state index contributed by atoms with van der Waals surface area (Å²) in [5.41, 5.74) is 0.000417. The van der Waals surface area contributed by atoms with Gasteiger partial charge in [-0.15, -0.1) is 0 Å². The van der Waals surface area contributed by atoms with Gasteiger partial charge in [-0.1, -0.05) is 23.2 Å². The topological polar surface area (TPSA) is 97.1 Å². The third-order valence-electron chi connectivity index (χ3n) is 2.25. The summed E-state index contributed by atoms with van der Waals surface area (Å²) in [5, 5.41) is 15.5. The second kappa shape index (κ2) is 5.89. The molecule has 0 fully saturated rings. The summed E-state index contributed by atoms with van der Waals surface area (Å²) in [6, 6.07) is 1.45. The van der Waals surface area contributed by atoms with Gasteiger partial charge >= 0.3 is 5.97 Å². The zero-order valence-corrected chi connectivity index (χ0v) is 11.4. The zero-order chi connectivity index (χ0) is 14.7. The van der Waals surface area contributed by atoms with Gasteiger partial charge < -0.3 is 10.4 Å². The predicted molar refractivity (Wildman–Crippen MR) is 72.1 cm³/mol. The minimum Gasteiger partial charge on any atom is -0.478 e. The van der Waals surface area contributed by atoms with Gasteiger partial charge in [-0.25, -0.2) is 9.78 Å². The molecule has 9 heteroatoms. The Kier molecular flexibility index (Phi) is 4.21. The second-order valence-electron chi connectivity index (χ2n) is 3.76. The summed E-state index contributed by atoms with van der Waals surface area (Å²) in [6.07, 6.45) is 3.75. The number of halogens is 2. The lowest BCUT2D eigenvalue weighted by molar-refractivity contribution is -0.116. The molecule has 2 rings (SSSR count). The fourth-order valence-corrected chi connectivity index (χ4v) is 1.81. The van der Waals surface area contributed by atoms with Crippen LogP contribution in [0, 0.1) is 0 Å². The van der Waals surface area contributed by atoms with E-state index in [-0.39, 0.29) is 22.9 Å². The first-order valence-corrected chi connectivity index (χ1v) is 6.08. The molecule has 0 aliphatic rings. The van der Waals surface area contributed by atoms with E-state index in [0.717, 1.165) is 6.20 Å². The number of pyridine rings is 1. The van der Waals surface area contributed by atoms with Crippen molar-refractivity contribution in [2.45, 2.75) is 6.54 Å². The zero-order valence-electron chi connectivity index (χ0n) is 9.88. The molecular weight excluding hydrogens is 307 g/mol. The number of carboxylic acid groups (broad SMARTS) is 1. The van der Waals surface area contributed by atoms with E-state index in [4.69, 9.17) is 28.3 Å². The van der Waals surface area contributed by atoms with Gasteiger partial charge in [-0.05, 0) is 6.07 Å². The Morgan fingerprint density at radius 3 is 2.70 bits per heavy atom. The van der Waals surface area contributed by atoms with Crippen molar-refractivity contribution in [1.29, 1.82) is 0 Å². The van der Waals surface area contributed by atoms with Crippen molar-refractivity contribution in [3.63, 3.8) is 0 Å². The number of amides is 1. The van der Waals surface area contributed by atoms with Crippen LogP contribution in [0.25, 0.3) is 0 Å². The minimum atomic E-state index is -1.11. The molecule has 2 aromatic rings. The average Bonchev–Trinajstić information content (AvgIpc) is 2.81. The summed E-state index contributed by atoms with van der Waals surface area (Å²) in [7, 11) is 0. The molecule has 0 saturated carbocycles. The molecule has 1 amide bonds. The second-order valence-corrected chi connectivity index (χ2v) is 4.61. The lowest BCUT2D eigenvalue weighted by Gasteiger charge is -2.06. The van der Waals surface area contributed by atoms with Crippen molar-refractivity contribution < 1.29 is 14.7 Å². The molecule has 7 nitrogen and oxygen atoms in total. The number of hydrogen-bond donors (Lipinski definition) is 2. The number of carboxylic acids is 1. The van der Waals surface area contributed by atoms with Crippen molar-refractivity contribution in [1.82, 2.24) is 14.8 Å². The van der Waals surface area contributed by atoms with Crippen molar-refractivity contribution in [3.05, 3.63) is 40.3 Å². The number of aromatic carboxylic acids is 1. The van der Waals surface area contributed by atoms with Gasteiger partial charge in [0.2, 0.25) is 5.91 Å². The van der Waals surface area contributed by atoms with Crippen LogP contribution in [0.2, 0.25) is 10.0 Å². The maximum absolute atomic E-state index is 11.7. The molecule has 0 aliphatic carbocycles. The lowest BCUT2D eigenvalue weighted by atomic mass is 10.4. The van der Waals surface area contributed by atoms with Crippen molar-refractivity contribution in [2.75, 3.05) is 5.32 Å². The Hall–Kier alpha value is -2.12. The summed E-state index contributed by atoms with van der Waals surface area (Å²) < 4.78 is 1.20. The van der Waals surface area contributed by atoms with Gasteiger partial charge in [-0.3, -0.25) is 9.48 Å². The number of carbonyl (C=O) groups excluding carboxylic acids is 1. The molecule has 0 saturated heterocycles. The number of hydrogen-bond acceptors (Lipinski definition) is 4. The normalized spacial score (nSPS) is 10.3. The molecule has 2 heterocycles. The highest BCUT2D eigenvalue weighted by atomic mass is 35.5. The smallest absolute Gasteiger partial charge is 0.338 e. The van der Waals surface area contributed by atoms with Crippen molar-refractivity contribution >= 4 is 40.9 Å². The van der Waals surface area contributed by atoms with Crippen LogP contribution in [0.3, 0.4) is 0 Å². The molecular formula is C11H8Cl2N4O3. The highest BCUT2D eigenvalue weighted by Crippen LogP contribution is 2.22. The molecule has 0 radical (unpaired) electrons. The Bertz CT molecular complexity index is 671. The number of nitrogens with zero attached hydrogens (tertiary/aromatic N) is 3. The monoisotopic (exact) mass is 314 g/mol. The van der Waals surface area contributed by atoms with Crippen LogP contribution >= 0.6 is 23.2 Å². The van der Waals surface area contributed by atoms with E-state index < -0.39 is 11.9 Å². The van der Waals surface area contributed by atoms with Crippen molar-refractivity contribution in [2.24, 2.45) is 0 Å². The molecule has 0 aromatic carbocycles. The Morgan fingerprint density at radius 2 is 2.10 bits per heavy atom. The van der Waals surface area contributed by atoms with E-state index in [9.17, 15) is 9.59 Å². The third-order valence-corrected chi connectivity index (χ3v) is 2.75. The van der Waals surface area contributed by atoms with E-state index in [1.54, 1.807) is 0 Å². The Morgan fingerprint density at radius 1 is 1.35 bits per heavy atom. The number of nitrogens with one attached hydrogen (secondary N) is 1. The molecule has 2 aromatic heterocycles. The summed E-state index contributed by atoms with van der Waals surface area (Å²) >= 11 is 11.5. The maximum atomic E-state index is 11.7. The molecule has 20 heavy (non-hydrogen) atoms. The third kappa shape index (κ3) is 3.46. The first-order valence-electron chi connectivity index (χ1n) is 5.32. The minimum absolute atomic E-state index is 0.000417. The Balaban J connectivity index is 2.03. The highest BCUT2D eigenvalue weighted by Gasteiger charge is 2.11. The summed E-state index contributed by atoms with van der Waals surface area (Å²) in [4.78, 5) is 26.3. The van der Waals surface area contributed by atoms with Gasteiger partial charge in [0, 0.05) is 12.4 Å². The highest BCUT2D eigenvalue weighted by molar-refractivity contribution is 6.36. The maximum Gasteiger partial charge on any atom is 0.338 e. The number of aromatic nitrogens is 3. The number of carbonyl (C=O) groups is 2. The van der Waals surface area contributed by atoms with E-state index in [1.165, 1.54) is 23.1 Å². The Labute approximate surface area is 123 Å². The standard InChI is InChI=1S/C11H8Cl2N4O3/c12-7-1-8(13)10(14-3-7)16-9(18)5-17-4-6(2-15-17)11(19)20/h1-4H,5H2,(H,19,20)(H,14,16,18). The predicted octanol–water partition coefficient (Wildman–Crippen LogP) is 1.92. The van der Waals surface area contributed by atoms with Crippen LogP contribution in [0.5, 0.6) is 0 Å². The van der Waals surface area contributed by atoms with E-state index in [1.807, 2.05) is 0 Å². The van der Waals surface area contributed by atoms with Gasteiger partial charge in [-0.2, -0.15) is 5.10 Å². The SMILES string of the molecule is O=C(Cn1cc(C(=O)O)cn1)Nc1ncc(Cl)cc1Cl. The fraction of sp³-hybridized carbons (Fsp3) is 0.0909. The molecule has 0 aliphatic heterocycles. The molecule has 2 N–H and O–H groups in total. The average molecular weight is 315 g/mol. The van der Waals surface area contributed by atoms with Gasteiger partial charge in [0.05, 0.1) is 21.8 Å². The number of rotatable bonds is 4.